The number of nitriles is 1. The second-order valence-corrected chi connectivity index (χ2v) is 3.69. The van der Waals surface area contributed by atoms with Gasteiger partial charge in [0.15, 0.2) is 0 Å². The molecule has 4 heteroatoms. The quantitative estimate of drug-likeness (QED) is 0.743. The molecule has 0 aliphatic carbocycles. The van der Waals surface area contributed by atoms with Crippen molar-refractivity contribution < 1.29 is 10.0 Å². The molecule has 0 fully saturated rings. The molecule has 0 unspecified atom stereocenters. The predicted molar refractivity (Wildman–Crippen MR) is 66.4 cm³/mol. The van der Waals surface area contributed by atoms with Gasteiger partial charge in [-0.25, -0.2) is 0 Å². The topological polar surface area (TPSA) is 64.2 Å². The molecule has 0 amide bonds. The van der Waals surface area contributed by atoms with Crippen LogP contribution in [-0.4, -0.2) is 17.2 Å². The van der Waals surface area contributed by atoms with E-state index in [9.17, 15) is 0 Å². The summed E-state index contributed by atoms with van der Waals surface area (Å²) in [5.41, 5.74) is 2.75. The molecule has 0 atom stereocenters. The average molecular weight is 223 g/mol. The lowest BCUT2D eigenvalue weighted by Crippen LogP contribution is -2.29. The largest absolute Gasteiger partial charge is 0.488 e. The molecule has 0 aliphatic heterocycles. The first kappa shape index (κ1) is 11.4. The van der Waals surface area contributed by atoms with Crippen LogP contribution in [-0.2, 0) is 0 Å². The van der Waals surface area contributed by atoms with E-state index in [1.807, 2.05) is 12.1 Å². The van der Waals surface area contributed by atoms with Gasteiger partial charge in [0.05, 0.1) is 11.6 Å². The van der Waals surface area contributed by atoms with E-state index in [0.29, 0.717) is 11.0 Å². The van der Waals surface area contributed by atoms with Crippen LogP contribution in [0.2, 0.25) is 0 Å². The minimum absolute atomic E-state index is 0.435. The highest BCUT2D eigenvalue weighted by molar-refractivity contribution is 6.58. The molecule has 2 N–H and O–H groups in total. The number of nitrogens with zero attached hydrogens (tertiary/aromatic N) is 1. The highest BCUT2D eigenvalue weighted by atomic mass is 16.4. The Bertz CT molecular complexity index is 576. The second kappa shape index (κ2) is 4.83. The third-order valence-corrected chi connectivity index (χ3v) is 2.51. The van der Waals surface area contributed by atoms with Gasteiger partial charge in [0.1, 0.15) is 0 Å². The Labute approximate surface area is 99.7 Å². The zero-order valence-electron chi connectivity index (χ0n) is 9.04. The Hall–Kier alpha value is -2.09. The van der Waals surface area contributed by atoms with Crippen LogP contribution in [0.5, 0.6) is 0 Å². The van der Waals surface area contributed by atoms with Crippen molar-refractivity contribution in [3.63, 3.8) is 0 Å². The molecule has 2 aromatic rings. The maximum absolute atomic E-state index is 9.10. The molecule has 0 saturated heterocycles. The van der Waals surface area contributed by atoms with Gasteiger partial charge in [-0.1, -0.05) is 36.4 Å². The molecule has 17 heavy (non-hydrogen) atoms. The Morgan fingerprint density at radius 2 is 1.59 bits per heavy atom. The summed E-state index contributed by atoms with van der Waals surface area (Å²) in [6.07, 6.45) is 0. The summed E-state index contributed by atoms with van der Waals surface area (Å²) in [6, 6.07) is 16.2. The minimum atomic E-state index is -1.48. The number of benzene rings is 2. The molecule has 0 saturated carbocycles. The summed E-state index contributed by atoms with van der Waals surface area (Å²) in [6.45, 7) is 0. The zero-order chi connectivity index (χ0) is 12.3. The average Bonchev–Trinajstić information content (AvgIpc) is 2.39. The molecule has 0 aliphatic rings. The number of rotatable bonds is 2. The van der Waals surface area contributed by atoms with Crippen molar-refractivity contribution in [3.8, 4) is 17.2 Å². The molecule has 3 nitrogen and oxygen atoms in total. The highest BCUT2D eigenvalue weighted by Gasteiger charge is 2.11. The Balaban J connectivity index is 2.46. The third kappa shape index (κ3) is 2.54. The van der Waals surface area contributed by atoms with Gasteiger partial charge in [0.25, 0.3) is 0 Å². The van der Waals surface area contributed by atoms with Crippen LogP contribution in [0.1, 0.15) is 5.56 Å². The molecule has 82 valence electrons. The number of hydrogen-bond donors (Lipinski definition) is 2. The van der Waals surface area contributed by atoms with Crippen molar-refractivity contribution in [2.75, 3.05) is 0 Å². The fraction of sp³-hybridized carbons (Fsp3) is 0. The van der Waals surface area contributed by atoms with Crippen molar-refractivity contribution in [2.24, 2.45) is 0 Å². The number of hydrogen-bond acceptors (Lipinski definition) is 3. The van der Waals surface area contributed by atoms with Crippen LogP contribution in [0, 0.1) is 11.3 Å². The molecule has 2 aromatic carbocycles. The van der Waals surface area contributed by atoms with Crippen molar-refractivity contribution in [1.82, 2.24) is 0 Å². The van der Waals surface area contributed by atoms with Gasteiger partial charge >= 0.3 is 7.12 Å². The van der Waals surface area contributed by atoms with Crippen molar-refractivity contribution in [3.05, 3.63) is 54.1 Å². The van der Waals surface area contributed by atoms with Crippen LogP contribution < -0.4 is 5.46 Å². The summed E-state index contributed by atoms with van der Waals surface area (Å²) >= 11 is 0. The molecule has 0 heterocycles. The van der Waals surface area contributed by atoms with Gasteiger partial charge in [-0.15, -0.1) is 0 Å². The fourth-order valence-electron chi connectivity index (χ4n) is 1.65. The minimum Gasteiger partial charge on any atom is -0.423 e. The van der Waals surface area contributed by atoms with E-state index in [0.717, 1.165) is 11.1 Å². The van der Waals surface area contributed by atoms with E-state index < -0.39 is 7.12 Å². The van der Waals surface area contributed by atoms with Crippen molar-refractivity contribution in [2.45, 2.75) is 0 Å². The first-order valence-corrected chi connectivity index (χ1v) is 5.17. The highest BCUT2D eigenvalue weighted by Crippen LogP contribution is 2.19. The van der Waals surface area contributed by atoms with E-state index in [4.69, 9.17) is 15.3 Å². The lowest BCUT2D eigenvalue weighted by Gasteiger charge is -2.05. The van der Waals surface area contributed by atoms with Crippen molar-refractivity contribution >= 4 is 12.6 Å². The van der Waals surface area contributed by atoms with Crippen LogP contribution in [0.15, 0.2) is 48.5 Å². The SMILES string of the molecule is N#Cc1cccc(-c2cccc(B(O)O)c2)c1. The molecular formula is C13H10BNO2. The monoisotopic (exact) mass is 223 g/mol. The van der Waals surface area contributed by atoms with Gasteiger partial charge in [0, 0.05) is 0 Å². The molecule has 0 bridgehead atoms. The predicted octanol–water partition coefficient (Wildman–Crippen LogP) is 0.905. The molecule has 0 radical (unpaired) electrons. The van der Waals surface area contributed by atoms with Crippen LogP contribution >= 0.6 is 0 Å². The molecule has 0 spiro atoms. The van der Waals surface area contributed by atoms with E-state index in [1.54, 1.807) is 36.4 Å². The standard InChI is InChI=1S/C13H10BNO2/c15-9-10-3-1-4-11(7-10)12-5-2-6-13(8-12)14(16)17/h1-8,16-17H. The Morgan fingerprint density at radius 3 is 2.24 bits per heavy atom. The molecule has 0 aromatic heterocycles. The van der Waals surface area contributed by atoms with E-state index >= 15 is 0 Å². The second-order valence-electron chi connectivity index (χ2n) is 3.69. The van der Waals surface area contributed by atoms with Crippen molar-refractivity contribution in [1.29, 1.82) is 5.26 Å². The maximum Gasteiger partial charge on any atom is 0.488 e. The van der Waals surface area contributed by atoms with Gasteiger partial charge in [-0.2, -0.15) is 5.26 Å². The van der Waals surface area contributed by atoms with E-state index in [1.165, 1.54) is 0 Å². The normalized spacial score (nSPS) is 9.71. The first-order chi connectivity index (χ1) is 8.20. The summed E-state index contributed by atoms with van der Waals surface area (Å²) in [4.78, 5) is 0. The zero-order valence-corrected chi connectivity index (χ0v) is 9.04. The lowest BCUT2D eigenvalue weighted by molar-refractivity contribution is 0.426. The lowest BCUT2D eigenvalue weighted by atomic mass is 9.79. The maximum atomic E-state index is 9.10. The van der Waals surface area contributed by atoms with Crippen LogP contribution in [0.4, 0.5) is 0 Å². The van der Waals surface area contributed by atoms with Gasteiger partial charge in [0.2, 0.25) is 0 Å². The summed E-state index contributed by atoms with van der Waals surface area (Å²) in [7, 11) is -1.48. The Morgan fingerprint density at radius 1 is 0.941 bits per heavy atom. The summed E-state index contributed by atoms with van der Waals surface area (Å²) in [5.74, 6) is 0. The van der Waals surface area contributed by atoms with Crippen LogP contribution in [0.25, 0.3) is 11.1 Å². The van der Waals surface area contributed by atoms with E-state index in [2.05, 4.69) is 6.07 Å². The van der Waals surface area contributed by atoms with E-state index in [-0.39, 0.29) is 0 Å². The van der Waals surface area contributed by atoms with Crippen LogP contribution in [0.3, 0.4) is 0 Å². The first-order valence-electron chi connectivity index (χ1n) is 5.17. The fourth-order valence-corrected chi connectivity index (χ4v) is 1.65. The smallest absolute Gasteiger partial charge is 0.423 e. The van der Waals surface area contributed by atoms with Gasteiger partial charge < -0.3 is 10.0 Å². The summed E-state index contributed by atoms with van der Waals surface area (Å²) < 4.78 is 0. The molecule has 2 rings (SSSR count). The summed E-state index contributed by atoms with van der Waals surface area (Å²) in [5, 5.41) is 27.0. The van der Waals surface area contributed by atoms with Gasteiger partial charge in [-0.3, -0.25) is 0 Å². The Kier molecular flexibility index (Phi) is 3.24. The molecular weight excluding hydrogens is 213 g/mol. The van der Waals surface area contributed by atoms with Gasteiger partial charge in [-0.05, 0) is 28.7 Å². The third-order valence-electron chi connectivity index (χ3n) is 2.51.